The molecule has 0 bridgehead atoms. The van der Waals surface area contributed by atoms with E-state index in [1.165, 1.54) is 32.1 Å². The lowest BCUT2D eigenvalue weighted by atomic mass is 9.90. The maximum Gasteiger partial charge on any atom is 0.416 e. The van der Waals surface area contributed by atoms with Gasteiger partial charge < -0.3 is 0 Å². The van der Waals surface area contributed by atoms with Crippen LogP contribution in [-0.4, -0.2) is 6.08 Å². The van der Waals surface area contributed by atoms with Crippen molar-refractivity contribution in [3.05, 3.63) is 34.3 Å². The van der Waals surface area contributed by atoms with Gasteiger partial charge in [0.05, 0.1) is 11.1 Å². The molecule has 0 saturated carbocycles. The Labute approximate surface area is 101 Å². The van der Waals surface area contributed by atoms with Crippen LogP contribution < -0.4 is 0 Å². The van der Waals surface area contributed by atoms with Gasteiger partial charge >= 0.3 is 6.18 Å². The number of nitrogens with zero attached hydrogens (tertiary/aromatic N) is 1. The van der Waals surface area contributed by atoms with E-state index in [9.17, 15) is 18.0 Å². The van der Waals surface area contributed by atoms with Crippen molar-refractivity contribution in [2.24, 2.45) is 4.99 Å². The predicted molar refractivity (Wildman–Crippen MR) is 57.6 cm³/mol. The molecule has 2 nitrogen and oxygen atoms in total. The van der Waals surface area contributed by atoms with E-state index in [0.29, 0.717) is 0 Å². The molecule has 0 fully saturated rings. The molecule has 0 N–H and O–H groups in total. The number of alkyl halides is 3. The molecule has 0 amide bonds. The van der Waals surface area contributed by atoms with Crippen LogP contribution in [0.15, 0.2) is 23.2 Å². The summed E-state index contributed by atoms with van der Waals surface area (Å²) < 4.78 is 38.4. The van der Waals surface area contributed by atoms with Crippen LogP contribution in [0.5, 0.6) is 0 Å². The molecule has 92 valence electrons. The van der Waals surface area contributed by atoms with Crippen LogP contribution in [0.2, 0.25) is 5.02 Å². The maximum atomic E-state index is 12.8. The normalized spacial score (nSPS) is 12.1. The first-order chi connectivity index (χ1) is 7.68. The molecule has 1 rings (SSSR count). The minimum atomic E-state index is -4.55. The van der Waals surface area contributed by atoms with Crippen LogP contribution in [0.3, 0.4) is 0 Å². The highest BCUT2D eigenvalue weighted by Gasteiger charge is 2.37. The van der Waals surface area contributed by atoms with Gasteiger partial charge in [0.2, 0.25) is 6.08 Å². The summed E-state index contributed by atoms with van der Waals surface area (Å²) in [7, 11) is 0. The third kappa shape index (κ3) is 3.08. The highest BCUT2D eigenvalue weighted by atomic mass is 35.5. The zero-order chi connectivity index (χ0) is 13.3. The number of carbonyl (C=O) groups excluding carboxylic acids is 1. The predicted octanol–water partition coefficient (Wildman–Crippen LogP) is 3.93. The molecule has 0 aromatic heterocycles. The quantitative estimate of drug-likeness (QED) is 0.587. The van der Waals surface area contributed by atoms with Gasteiger partial charge in [-0.15, -0.1) is 0 Å². The Kier molecular flexibility index (Phi) is 3.65. The van der Waals surface area contributed by atoms with E-state index in [4.69, 9.17) is 11.6 Å². The molecule has 0 atom stereocenters. The van der Waals surface area contributed by atoms with E-state index < -0.39 is 17.3 Å². The summed E-state index contributed by atoms with van der Waals surface area (Å²) in [6.07, 6.45) is -3.27. The van der Waals surface area contributed by atoms with E-state index >= 15 is 0 Å². The van der Waals surface area contributed by atoms with E-state index in [-0.39, 0.29) is 10.6 Å². The van der Waals surface area contributed by atoms with Crippen LogP contribution >= 0.6 is 11.6 Å². The Balaban J connectivity index is 3.49. The summed E-state index contributed by atoms with van der Waals surface area (Å²) in [6.45, 7) is 2.80. The Morgan fingerprint density at radius 2 is 1.82 bits per heavy atom. The summed E-state index contributed by atoms with van der Waals surface area (Å²) in [6, 6.07) is 3.36. The van der Waals surface area contributed by atoms with Crippen molar-refractivity contribution < 1.29 is 18.0 Å². The van der Waals surface area contributed by atoms with Gasteiger partial charge in [-0.3, -0.25) is 0 Å². The Morgan fingerprint density at radius 3 is 2.29 bits per heavy atom. The maximum absolute atomic E-state index is 12.8. The van der Waals surface area contributed by atoms with Crippen LogP contribution in [0.25, 0.3) is 0 Å². The van der Waals surface area contributed by atoms with E-state index in [1.54, 1.807) is 0 Å². The van der Waals surface area contributed by atoms with Crippen molar-refractivity contribution in [1.29, 1.82) is 0 Å². The van der Waals surface area contributed by atoms with Gasteiger partial charge in [-0.05, 0) is 31.5 Å². The van der Waals surface area contributed by atoms with Crippen molar-refractivity contribution >= 4 is 17.7 Å². The van der Waals surface area contributed by atoms with Gasteiger partial charge in [0, 0.05) is 5.02 Å². The van der Waals surface area contributed by atoms with Gasteiger partial charge in [-0.25, -0.2) is 4.79 Å². The lowest BCUT2D eigenvalue weighted by molar-refractivity contribution is -0.138. The first kappa shape index (κ1) is 13.7. The average Bonchev–Trinajstić information content (AvgIpc) is 2.15. The first-order valence-corrected chi connectivity index (χ1v) is 5.02. The monoisotopic (exact) mass is 263 g/mol. The van der Waals surface area contributed by atoms with Crippen molar-refractivity contribution in [2.75, 3.05) is 0 Å². The molecule has 0 unspecified atom stereocenters. The zero-order valence-corrected chi connectivity index (χ0v) is 9.86. The van der Waals surface area contributed by atoms with Gasteiger partial charge in [-0.2, -0.15) is 18.2 Å². The fraction of sp³-hybridized carbons (Fsp3) is 0.364. The Hall–Kier alpha value is -1.32. The van der Waals surface area contributed by atoms with Gasteiger partial charge in [-0.1, -0.05) is 17.7 Å². The SMILES string of the molecule is CC(C)(N=C=O)c1ccc(Cl)cc1C(F)(F)F. The summed E-state index contributed by atoms with van der Waals surface area (Å²) in [4.78, 5) is 13.6. The van der Waals surface area contributed by atoms with Crippen molar-refractivity contribution in [3.63, 3.8) is 0 Å². The Bertz CT molecular complexity index is 476. The van der Waals surface area contributed by atoms with E-state index in [1.807, 2.05) is 0 Å². The van der Waals surface area contributed by atoms with Gasteiger partial charge in [0.15, 0.2) is 0 Å². The lowest BCUT2D eigenvalue weighted by Gasteiger charge is -2.23. The number of isocyanates is 1. The third-order valence-corrected chi connectivity index (χ3v) is 2.51. The molecule has 0 aliphatic carbocycles. The lowest BCUT2D eigenvalue weighted by Crippen LogP contribution is -2.20. The van der Waals surface area contributed by atoms with Crippen LogP contribution in [0.1, 0.15) is 25.0 Å². The molecule has 0 aliphatic heterocycles. The molecule has 17 heavy (non-hydrogen) atoms. The molecule has 1 aromatic carbocycles. The first-order valence-electron chi connectivity index (χ1n) is 4.65. The number of hydrogen-bond acceptors (Lipinski definition) is 2. The van der Waals surface area contributed by atoms with Crippen LogP contribution in [0.4, 0.5) is 13.2 Å². The number of benzene rings is 1. The number of halogens is 4. The van der Waals surface area contributed by atoms with Crippen LogP contribution in [0, 0.1) is 0 Å². The summed E-state index contributed by atoms with van der Waals surface area (Å²) in [5.74, 6) is 0. The molecule has 0 saturated heterocycles. The molecule has 1 aromatic rings. The highest BCUT2D eigenvalue weighted by molar-refractivity contribution is 6.30. The fourth-order valence-corrected chi connectivity index (χ4v) is 1.63. The summed E-state index contributed by atoms with van der Waals surface area (Å²) >= 11 is 5.54. The zero-order valence-electron chi connectivity index (χ0n) is 9.10. The fourth-order valence-electron chi connectivity index (χ4n) is 1.46. The number of aliphatic imine (C=N–C) groups is 1. The molecule has 0 radical (unpaired) electrons. The topological polar surface area (TPSA) is 29.4 Å². The highest BCUT2D eigenvalue weighted by Crippen LogP contribution is 2.39. The third-order valence-electron chi connectivity index (χ3n) is 2.27. The largest absolute Gasteiger partial charge is 0.416 e. The number of rotatable bonds is 2. The minimum Gasteiger partial charge on any atom is -0.211 e. The molecular weight excluding hydrogens is 255 g/mol. The van der Waals surface area contributed by atoms with Crippen LogP contribution in [-0.2, 0) is 16.5 Å². The van der Waals surface area contributed by atoms with E-state index in [0.717, 1.165) is 6.07 Å². The van der Waals surface area contributed by atoms with Crippen molar-refractivity contribution in [3.8, 4) is 0 Å². The standard InChI is InChI=1S/C11H9ClF3NO/c1-10(2,16-6-17)8-4-3-7(12)5-9(8)11(13,14)15/h3-5H,1-2H3. The summed E-state index contributed by atoms with van der Waals surface area (Å²) in [5, 5.41) is -0.0213. The van der Waals surface area contributed by atoms with Gasteiger partial charge in [0.25, 0.3) is 0 Å². The molecule has 0 heterocycles. The number of hydrogen-bond donors (Lipinski definition) is 0. The molecule has 0 aliphatic rings. The second-order valence-electron chi connectivity index (χ2n) is 3.95. The summed E-state index contributed by atoms with van der Waals surface area (Å²) in [5.41, 5.74) is -2.30. The van der Waals surface area contributed by atoms with Crippen molar-refractivity contribution in [1.82, 2.24) is 0 Å². The average molecular weight is 264 g/mol. The van der Waals surface area contributed by atoms with Crippen molar-refractivity contribution in [2.45, 2.75) is 25.6 Å². The van der Waals surface area contributed by atoms with Gasteiger partial charge in [0.1, 0.15) is 0 Å². The van der Waals surface area contributed by atoms with E-state index in [2.05, 4.69) is 4.99 Å². The molecular formula is C11H9ClF3NO. The smallest absolute Gasteiger partial charge is 0.211 e. The second kappa shape index (κ2) is 4.51. The minimum absolute atomic E-state index is 0.0213. The molecule has 6 heteroatoms. The molecule has 0 spiro atoms. The Morgan fingerprint density at radius 1 is 1.24 bits per heavy atom. The second-order valence-corrected chi connectivity index (χ2v) is 4.39.